The maximum Gasteiger partial charge on any atom is 0.220 e. The van der Waals surface area contributed by atoms with Crippen molar-refractivity contribution in [2.24, 2.45) is 0 Å². The summed E-state index contributed by atoms with van der Waals surface area (Å²) in [7, 11) is 0. The number of fused-ring (bicyclic) bond motifs is 1. The summed E-state index contributed by atoms with van der Waals surface area (Å²) in [5.74, 6) is 0.106. The number of rotatable bonds is 6. The maximum absolute atomic E-state index is 12.0. The van der Waals surface area contributed by atoms with Crippen LogP contribution < -0.4 is 5.32 Å². The molecule has 0 bridgehead atoms. The number of benzene rings is 2. The number of hydrogen-bond acceptors (Lipinski definition) is 3. The number of carbonyl (C=O) groups excluding carboxylic acids is 1. The SMILES string of the molecule is Cc1ccccc1CNC(=O)CCCc1nc2ccccc2s1. The predicted octanol–water partition coefficient (Wildman–Crippen LogP) is 4.24. The van der Waals surface area contributed by atoms with Crippen LogP contribution in [0.3, 0.4) is 0 Å². The molecule has 3 rings (SSSR count). The van der Waals surface area contributed by atoms with Gasteiger partial charge in [0, 0.05) is 13.0 Å². The summed E-state index contributed by atoms with van der Waals surface area (Å²) < 4.78 is 1.21. The molecule has 0 saturated heterocycles. The molecule has 1 amide bonds. The van der Waals surface area contributed by atoms with Crippen molar-refractivity contribution >= 4 is 27.5 Å². The van der Waals surface area contributed by atoms with Crippen LogP contribution in [0.15, 0.2) is 48.5 Å². The first-order valence-electron chi connectivity index (χ1n) is 7.88. The van der Waals surface area contributed by atoms with Gasteiger partial charge < -0.3 is 5.32 Å². The van der Waals surface area contributed by atoms with Crippen molar-refractivity contribution in [3.63, 3.8) is 0 Å². The zero-order valence-electron chi connectivity index (χ0n) is 13.2. The van der Waals surface area contributed by atoms with Crippen molar-refractivity contribution in [2.75, 3.05) is 0 Å². The molecule has 0 aliphatic rings. The number of aromatic nitrogens is 1. The van der Waals surface area contributed by atoms with Gasteiger partial charge in [0.15, 0.2) is 0 Å². The second kappa shape index (κ2) is 7.38. The van der Waals surface area contributed by atoms with Crippen molar-refractivity contribution in [3.05, 3.63) is 64.7 Å². The third-order valence-corrected chi connectivity index (χ3v) is 4.97. The minimum absolute atomic E-state index is 0.106. The first kappa shape index (κ1) is 15.7. The maximum atomic E-state index is 12.0. The molecule has 0 fully saturated rings. The Labute approximate surface area is 140 Å². The van der Waals surface area contributed by atoms with E-state index in [9.17, 15) is 4.79 Å². The van der Waals surface area contributed by atoms with Crippen molar-refractivity contribution in [1.29, 1.82) is 0 Å². The van der Waals surface area contributed by atoms with E-state index in [0.717, 1.165) is 23.4 Å². The first-order chi connectivity index (χ1) is 11.2. The molecule has 23 heavy (non-hydrogen) atoms. The van der Waals surface area contributed by atoms with Crippen LogP contribution in [-0.4, -0.2) is 10.9 Å². The van der Waals surface area contributed by atoms with Crippen LogP contribution in [-0.2, 0) is 17.8 Å². The lowest BCUT2D eigenvalue weighted by Crippen LogP contribution is -2.22. The Morgan fingerprint density at radius 2 is 1.91 bits per heavy atom. The number of carbonyl (C=O) groups is 1. The zero-order valence-corrected chi connectivity index (χ0v) is 14.0. The number of thiazole rings is 1. The molecule has 3 nitrogen and oxygen atoms in total. The third-order valence-electron chi connectivity index (χ3n) is 3.87. The van der Waals surface area contributed by atoms with Crippen LogP contribution >= 0.6 is 11.3 Å². The average molecular weight is 324 g/mol. The molecule has 4 heteroatoms. The van der Waals surface area contributed by atoms with E-state index in [1.165, 1.54) is 15.8 Å². The third kappa shape index (κ3) is 4.17. The number of hydrogen-bond donors (Lipinski definition) is 1. The molecule has 1 N–H and O–H groups in total. The first-order valence-corrected chi connectivity index (χ1v) is 8.69. The van der Waals surface area contributed by atoms with Crippen LogP contribution in [0.5, 0.6) is 0 Å². The minimum Gasteiger partial charge on any atom is -0.352 e. The van der Waals surface area contributed by atoms with Gasteiger partial charge in [-0.15, -0.1) is 11.3 Å². The molecule has 0 aliphatic carbocycles. The smallest absolute Gasteiger partial charge is 0.220 e. The Bertz CT molecular complexity index is 777. The number of amides is 1. The largest absolute Gasteiger partial charge is 0.352 e. The molecule has 0 spiro atoms. The summed E-state index contributed by atoms with van der Waals surface area (Å²) in [5, 5.41) is 4.11. The monoisotopic (exact) mass is 324 g/mol. The minimum atomic E-state index is 0.106. The molecule has 3 aromatic rings. The van der Waals surface area contributed by atoms with Gasteiger partial charge in [0.1, 0.15) is 0 Å². The summed E-state index contributed by atoms with van der Waals surface area (Å²) in [6.45, 7) is 2.67. The van der Waals surface area contributed by atoms with E-state index in [1.807, 2.05) is 30.3 Å². The fourth-order valence-electron chi connectivity index (χ4n) is 2.52. The molecule has 2 aromatic carbocycles. The van der Waals surface area contributed by atoms with Crippen LogP contribution in [0.25, 0.3) is 10.2 Å². The average Bonchev–Trinajstić information content (AvgIpc) is 2.97. The predicted molar refractivity (Wildman–Crippen MR) is 95.6 cm³/mol. The van der Waals surface area contributed by atoms with Crippen molar-refractivity contribution in [1.82, 2.24) is 10.3 Å². The molecule has 0 unspecified atom stereocenters. The molecular weight excluding hydrogens is 304 g/mol. The van der Waals surface area contributed by atoms with Gasteiger partial charge in [-0.25, -0.2) is 4.98 Å². The Kier molecular flexibility index (Phi) is 5.03. The van der Waals surface area contributed by atoms with Gasteiger partial charge in [-0.2, -0.15) is 0 Å². The summed E-state index contributed by atoms with van der Waals surface area (Å²) in [4.78, 5) is 16.6. The van der Waals surface area contributed by atoms with Crippen molar-refractivity contribution in [2.45, 2.75) is 32.7 Å². The van der Waals surface area contributed by atoms with Crippen molar-refractivity contribution in [3.8, 4) is 0 Å². The molecular formula is C19H20N2OS. The Morgan fingerprint density at radius 3 is 2.74 bits per heavy atom. The van der Waals surface area contributed by atoms with Gasteiger partial charge >= 0.3 is 0 Å². The standard InChI is InChI=1S/C19H20N2OS/c1-14-7-2-3-8-15(14)13-20-18(22)11-6-12-19-21-16-9-4-5-10-17(16)23-19/h2-5,7-10H,6,11-13H2,1H3,(H,20,22). The van der Waals surface area contributed by atoms with Gasteiger partial charge in [-0.1, -0.05) is 36.4 Å². The van der Waals surface area contributed by atoms with Gasteiger partial charge in [0.2, 0.25) is 5.91 Å². The van der Waals surface area contributed by atoms with Crippen LogP contribution in [0.2, 0.25) is 0 Å². The number of nitrogens with one attached hydrogen (secondary N) is 1. The lowest BCUT2D eigenvalue weighted by atomic mass is 10.1. The highest BCUT2D eigenvalue weighted by atomic mass is 32.1. The summed E-state index contributed by atoms with van der Waals surface area (Å²) in [6, 6.07) is 16.3. The molecule has 0 atom stereocenters. The molecule has 0 aliphatic heterocycles. The number of nitrogens with zero attached hydrogens (tertiary/aromatic N) is 1. The van der Waals surface area contributed by atoms with E-state index >= 15 is 0 Å². The normalized spacial score (nSPS) is 10.8. The topological polar surface area (TPSA) is 42.0 Å². The Balaban J connectivity index is 1.45. The molecule has 118 valence electrons. The van der Waals surface area contributed by atoms with E-state index < -0.39 is 0 Å². The van der Waals surface area contributed by atoms with E-state index in [0.29, 0.717) is 13.0 Å². The van der Waals surface area contributed by atoms with Gasteiger partial charge in [-0.05, 0) is 43.0 Å². The fraction of sp³-hybridized carbons (Fsp3) is 0.263. The van der Waals surface area contributed by atoms with E-state index in [1.54, 1.807) is 11.3 Å². The highest BCUT2D eigenvalue weighted by Crippen LogP contribution is 2.22. The van der Waals surface area contributed by atoms with Gasteiger partial charge in [0.05, 0.1) is 15.2 Å². The van der Waals surface area contributed by atoms with Crippen LogP contribution in [0.4, 0.5) is 0 Å². The fourth-order valence-corrected chi connectivity index (χ4v) is 3.53. The lowest BCUT2D eigenvalue weighted by molar-refractivity contribution is -0.121. The van der Waals surface area contributed by atoms with Gasteiger partial charge in [0.25, 0.3) is 0 Å². The van der Waals surface area contributed by atoms with Gasteiger partial charge in [-0.3, -0.25) is 4.79 Å². The number of aryl methyl sites for hydroxylation is 2. The van der Waals surface area contributed by atoms with E-state index in [2.05, 4.69) is 35.4 Å². The molecule has 0 radical (unpaired) electrons. The molecule has 1 heterocycles. The van der Waals surface area contributed by atoms with Crippen LogP contribution in [0.1, 0.15) is 29.0 Å². The Morgan fingerprint density at radius 1 is 1.13 bits per heavy atom. The van der Waals surface area contributed by atoms with Crippen molar-refractivity contribution < 1.29 is 4.79 Å². The number of para-hydroxylation sites is 1. The van der Waals surface area contributed by atoms with E-state index in [-0.39, 0.29) is 5.91 Å². The lowest BCUT2D eigenvalue weighted by Gasteiger charge is -2.07. The highest BCUT2D eigenvalue weighted by Gasteiger charge is 2.06. The molecule has 0 saturated carbocycles. The Hall–Kier alpha value is -2.20. The highest BCUT2D eigenvalue weighted by molar-refractivity contribution is 7.18. The second-order valence-corrected chi connectivity index (χ2v) is 6.75. The zero-order chi connectivity index (χ0) is 16.1. The summed E-state index contributed by atoms with van der Waals surface area (Å²) >= 11 is 1.72. The van der Waals surface area contributed by atoms with E-state index in [4.69, 9.17) is 0 Å². The molecule has 1 aromatic heterocycles. The van der Waals surface area contributed by atoms with Crippen LogP contribution in [0, 0.1) is 6.92 Å². The quantitative estimate of drug-likeness (QED) is 0.737. The summed E-state index contributed by atoms with van der Waals surface area (Å²) in [6.07, 6.45) is 2.23. The summed E-state index contributed by atoms with van der Waals surface area (Å²) in [5.41, 5.74) is 3.44. The second-order valence-electron chi connectivity index (χ2n) is 5.63.